The number of carbonyl (C=O) groups is 1. The van der Waals surface area contributed by atoms with Gasteiger partial charge in [-0.1, -0.05) is 12.1 Å². The van der Waals surface area contributed by atoms with Gasteiger partial charge in [0, 0.05) is 18.3 Å². The number of non-ortho nitro benzene ring substituents is 1. The van der Waals surface area contributed by atoms with Crippen molar-refractivity contribution in [1.82, 2.24) is 15.5 Å². The molecule has 0 aliphatic carbocycles. The van der Waals surface area contributed by atoms with Crippen molar-refractivity contribution in [2.45, 2.75) is 13.0 Å². The summed E-state index contributed by atoms with van der Waals surface area (Å²) in [5, 5.41) is 19.7. The zero-order valence-electron chi connectivity index (χ0n) is 10.2. The number of nitrogens with zero attached hydrogens (tertiary/aromatic N) is 2. The zero-order valence-corrected chi connectivity index (χ0v) is 10.2. The van der Waals surface area contributed by atoms with Crippen molar-refractivity contribution in [3.8, 4) is 0 Å². The molecule has 2 N–H and O–H groups in total. The van der Waals surface area contributed by atoms with Gasteiger partial charge in [0.15, 0.2) is 0 Å². The minimum Gasteiger partial charge on any atom is -0.345 e. The molecule has 0 spiro atoms. The first-order chi connectivity index (χ1) is 9.08. The van der Waals surface area contributed by atoms with Crippen LogP contribution < -0.4 is 5.32 Å². The molecular weight excluding hydrogens is 248 g/mol. The summed E-state index contributed by atoms with van der Waals surface area (Å²) in [7, 11) is 0. The topological polar surface area (TPSA) is 101 Å². The highest BCUT2D eigenvalue weighted by Gasteiger charge is 2.14. The molecule has 7 heteroatoms. The molecule has 0 saturated heterocycles. The van der Waals surface area contributed by atoms with E-state index in [4.69, 9.17) is 0 Å². The molecule has 1 amide bonds. The highest BCUT2D eigenvalue weighted by molar-refractivity contribution is 5.93. The first-order valence-corrected chi connectivity index (χ1v) is 5.62. The van der Waals surface area contributed by atoms with Gasteiger partial charge in [0.1, 0.15) is 0 Å². The fourth-order valence-corrected chi connectivity index (χ4v) is 1.65. The molecule has 7 nitrogen and oxygen atoms in total. The quantitative estimate of drug-likeness (QED) is 0.646. The number of aromatic nitrogens is 2. The molecule has 1 atom stereocenters. The Labute approximate surface area is 108 Å². The summed E-state index contributed by atoms with van der Waals surface area (Å²) in [6.07, 6.45) is 2.89. The minimum atomic E-state index is -0.464. The van der Waals surface area contributed by atoms with Gasteiger partial charge in [-0.3, -0.25) is 20.0 Å². The second-order valence-corrected chi connectivity index (χ2v) is 4.03. The van der Waals surface area contributed by atoms with Gasteiger partial charge in [0.2, 0.25) is 0 Å². The third-order valence-electron chi connectivity index (χ3n) is 2.69. The Kier molecular flexibility index (Phi) is 3.56. The van der Waals surface area contributed by atoms with Gasteiger partial charge in [-0.25, -0.2) is 0 Å². The van der Waals surface area contributed by atoms with E-state index in [1.54, 1.807) is 19.1 Å². The van der Waals surface area contributed by atoms with Crippen molar-refractivity contribution in [1.29, 1.82) is 0 Å². The molecule has 0 aliphatic rings. The van der Waals surface area contributed by atoms with E-state index >= 15 is 0 Å². The molecule has 2 aromatic rings. The number of nitrogens with one attached hydrogen (secondary N) is 2. The Morgan fingerprint density at radius 1 is 1.53 bits per heavy atom. The van der Waals surface area contributed by atoms with Crippen molar-refractivity contribution in [3.05, 3.63) is 57.9 Å². The van der Waals surface area contributed by atoms with E-state index < -0.39 is 4.92 Å². The van der Waals surface area contributed by atoms with Crippen molar-refractivity contribution in [2.24, 2.45) is 0 Å². The average Bonchev–Trinajstić information content (AvgIpc) is 2.92. The predicted molar refractivity (Wildman–Crippen MR) is 67.6 cm³/mol. The number of aromatic amines is 1. The van der Waals surface area contributed by atoms with Crippen LogP contribution in [0, 0.1) is 10.1 Å². The van der Waals surface area contributed by atoms with Crippen LogP contribution in [0.2, 0.25) is 0 Å². The van der Waals surface area contributed by atoms with Gasteiger partial charge in [-0.2, -0.15) is 5.10 Å². The van der Waals surface area contributed by atoms with E-state index in [1.807, 2.05) is 0 Å². The lowest BCUT2D eigenvalue weighted by atomic mass is 10.1. The maximum atomic E-state index is 11.8. The molecule has 0 saturated carbocycles. The molecule has 1 aromatic carbocycles. The van der Waals surface area contributed by atoms with Crippen LogP contribution in [0.1, 0.15) is 28.9 Å². The number of hydrogen-bond donors (Lipinski definition) is 2. The SMILES string of the molecule is CC(NC(=O)c1cn[nH]c1)c1cccc([N+](=O)[O-])c1. The maximum Gasteiger partial charge on any atom is 0.269 e. The largest absolute Gasteiger partial charge is 0.345 e. The number of nitro benzene ring substituents is 1. The Hall–Kier alpha value is -2.70. The lowest BCUT2D eigenvalue weighted by molar-refractivity contribution is -0.384. The number of hydrogen-bond acceptors (Lipinski definition) is 4. The summed E-state index contributed by atoms with van der Waals surface area (Å²) in [5.74, 6) is -0.284. The van der Waals surface area contributed by atoms with Crippen LogP contribution in [-0.2, 0) is 0 Å². The van der Waals surface area contributed by atoms with Crippen LogP contribution in [0.5, 0.6) is 0 Å². The van der Waals surface area contributed by atoms with Gasteiger partial charge < -0.3 is 5.32 Å². The van der Waals surface area contributed by atoms with Crippen molar-refractivity contribution in [2.75, 3.05) is 0 Å². The van der Waals surface area contributed by atoms with Crippen LogP contribution in [0.3, 0.4) is 0 Å². The normalized spacial score (nSPS) is 11.8. The second-order valence-electron chi connectivity index (χ2n) is 4.03. The van der Waals surface area contributed by atoms with Crippen molar-refractivity contribution in [3.63, 3.8) is 0 Å². The van der Waals surface area contributed by atoms with E-state index in [0.29, 0.717) is 11.1 Å². The molecule has 0 radical (unpaired) electrons. The highest BCUT2D eigenvalue weighted by Crippen LogP contribution is 2.19. The van der Waals surface area contributed by atoms with Crippen molar-refractivity contribution < 1.29 is 9.72 Å². The Balaban J connectivity index is 2.11. The molecular formula is C12H12N4O3. The van der Waals surface area contributed by atoms with Crippen LogP contribution in [0.4, 0.5) is 5.69 Å². The molecule has 0 bridgehead atoms. The molecule has 19 heavy (non-hydrogen) atoms. The van der Waals surface area contributed by atoms with E-state index in [1.165, 1.54) is 24.5 Å². The molecule has 1 aromatic heterocycles. The van der Waals surface area contributed by atoms with E-state index in [-0.39, 0.29) is 17.6 Å². The third-order valence-corrected chi connectivity index (χ3v) is 2.69. The predicted octanol–water partition coefficient (Wildman–Crippen LogP) is 1.81. The molecule has 98 valence electrons. The number of benzene rings is 1. The van der Waals surface area contributed by atoms with E-state index in [2.05, 4.69) is 15.5 Å². The smallest absolute Gasteiger partial charge is 0.269 e. The number of rotatable bonds is 4. The van der Waals surface area contributed by atoms with Crippen LogP contribution in [0.15, 0.2) is 36.7 Å². The first kappa shape index (κ1) is 12.7. The van der Waals surface area contributed by atoms with Gasteiger partial charge >= 0.3 is 0 Å². The molecule has 0 aliphatic heterocycles. The summed E-state index contributed by atoms with van der Waals surface area (Å²) >= 11 is 0. The molecule has 1 unspecified atom stereocenters. The fourth-order valence-electron chi connectivity index (χ4n) is 1.65. The summed E-state index contributed by atoms with van der Waals surface area (Å²) < 4.78 is 0. The third kappa shape index (κ3) is 2.95. The second kappa shape index (κ2) is 5.30. The van der Waals surface area contributed by atoms with Gasteiger partial charge in [0.25, 0.3) is 11.6 Å². The maximum absolute atomic E-state index is 11.8. The monoisotopic (exact) mass is 260 g/mol. The number of carbonyl (C=O) groups excluding carboxylic acids is 1. The number of H-pyrrole nitrogens is 1. The summed E-state index contributed by atoms with van der Waals surface area (Å²) in [5.41, 5.74) is 1.09. The standard InChI is InChI=1S/C12H12N4O3/c1-8(15-12(17)10-6-13-14-7-10)9-3-2-4-11(5-9)16(18)19/h2-8H,1H3,(H,13,14)(H,15,17). The van der Waals surface area contributed by atoms with Crippen LogP contribution in [0.25, 0.3) is 0 Å². The summed E-state index contributed by atoms with van der Waals surface area (Å²) in [4.78, 5) is 22.0. The Morgan fingerprint density at radius 2 is 2.32 bits per heavy atom. The molecule has 2 rings (SSSR count). The minimum absolute atomic E-state index is 0.00177. The van der Waals surface area contributed by atoms with Gasteiger partial charge in [0.05, 0.1) is 22.7 Å². The van der Waals surface area contributed by atoms with Crippen LogP contribution >= 0.6 is 0 Å². The first-order valence-electron chi connectivity index (χ1n) is 5.62. The van der Waals surface area contributed by atoms with E-state index in [9.17, 15) is 14.9 Å². The highest BCUT2D eigenvalue weighted by atomic mass is 16.6. The van der Waals surface area contributed by atoms with Gasteiger partial charge in [-0.05, 0) is 12.5 Å². The zero-order chi connectivity index (χ0) is 13.8. The summed E-state index contributed by atoms with van der Waals surface area (Å²) in [6, 6.07) is 5.85. The Morgan fingerprint density at radius 3 is 2.95 bits per heavy atom. The van der Waals surface area contributed by atoms with Crippen molar-refractivity contribution >= 4 is 11.6 Å². The molecule has 0 fully saturated rings. The number of amides is 1. The average molecular weight is 260 g/mol. The fraction of sp³-hybridized carbons (Fsp3) is 0.167. The lowest BCUT2D eigenvalue weighted by Crippen LogP contribution is -2.26. The van der Waals surface area contributed by atoms with Crippen LogP contribution in [-0.4, -0.2) is 21.0 Å². The van der Waals surface area contributed by atoms with Gasteiger partial charge in [-0.15, -0.1) is 0 Å². The number of nitro groups is 1. The Bertz CT molecular complexity index is 595. The summed E-state index contributed by atoms with van der Waals surface area (Å²) in [6.45, 7) is 1.76. The lowest BCUT2D eigenvalue weighted by Gasteiger charge is -2.13. The molecule has 1 heterocycles. The van der Waals surface area contributed by atoms with E-state index in [0.717, 1.165) is 0 Å².